The molecular weight excluding hydrogens is 220 g/mol. The van der Waals surface area contributed by atoms with Gasteiger partial charge in [-0.05, 0) is 25.7 Å². The van der Waals surface area contributed by atoms with Crippen molar-refractivity contribution in [2.24, 2.45) is 11.8 Å². The predicted molar refractivity (Wildman–Crippen MR) is 60.9 cm³/mol. The van der Waals surface area contributed by atoms with Gasteiger partial charge in [-0.25, -0.2) is 0 Å². The minimum Gasteiger partial charge on any atom is -0.481 e. The SMILES string of the molecule is N#CCCCCNC(=O)[C@@H]1CCC[C@@H]1C(=O)O. The maximum atomic E-state index is 11.8. The monoisotopic (exact) mass is 238 g/mol. The molecule has 0 heterocycles. The first-order valence-corrected chi connectivity index (χ1v) is 6.04. The number of carboxylic acid groups (broad SMARTS) is 1. The first-order chi connectivity index (χ1) is 8.16. The molecule has 0 unspecified atom stereocenters. The second kappa shape index (κ2) is 6.89. The summed E-state index contributed by atoms with van der Waals surface area (Å²) >= 11 is 0. The number of carboxylic acids is 1. The third-order valence-electron chi connectivity index (χ3n) is 3.18. The smallest absolute Gasteiger partial charge is 0.307 e. The van der Waals surface area contributed by atoms with E-state index < -0.39 is 11.9 Å². The van der Waals surface area contributed by atoms with Gasteiger partial charge in [-0.2, -0.15) is 5.26 Å². The maximum absolute atomic E-state index is 11.8. The van der Waals surface area contributed by atoms with Crippen molar-refractivity contribution in [1.29, 1.82) is 5.26 Å². The van der Waals surface area contributed by atoms with Gasteiger partial charge in [0.1, 0.15) is 0 Å². The van der Waals surface area contributed by atoms with Crippen LogP contribution >= 0.6 is 0 Å². The molecule has 1 aliphatic carbocycles. The van der Waals surface area contributed by atoms with Crippen molar-refractivity contribution in [2.45, 2.75) is 38.5 Å². The molecule has 1 saturated carbocycles. The van der Waals surface area contributed by atoms with Crippen LogP contribution in [-0.2, 0) is 9.59 Å². The number of aliphatic carboxylic acids is 1. The van der Waals surface area contributed by atoms with Gasteiger partial charge in [-0.15, -0.1) is 0 Å². The Hall–Kier alpha value is -1.57. The quantitative estimate of drug-likeness (QED) is 0.682. The highest BCUT2D eigenvalue weighted by atomic mass is 16.4. The topological polar surface area (TPSA) is 90.2 Å². The molecule has 1 amide bonds. The normalized spacial score (nSPS) is 23.0. The van der Waals surface area contributed by atoms with Crippen LogP contribution in [0, 0.1) is 23.2 Å². The summed E-state index contributed by atoms with van der Waals surface area (Å²) in [4.78, 5) is 22.7. The van der Waals surface area contributed by atoms with Gasteiger partial charge in [0.05, 0.1) is 17.9 Å². The van der Waals surface area contributed by atoms with Gasteiger partial charge < -0.3 is 10.4 Å². The number of hydrogen-bond acceptors (Lipinski definition) is 3. The average Bonchev–Trinajstić information content (AvgIpc) is 2.77. The number of nitriles is 1. The van der Waals surface area contributed by atoms with E-state index in [2.05, 4.69) is 5.32 Å². The molecule has 5 heteroatoms. The van der Waals surface area contributed by atoms with Gasteiger partial charge in [0.15, 0.2) is 0 Å². The first-order valence-electron chi connectivity index (χ1n) is 6.04. The Kier molecular flexibility index (Phi) is 5.47. The number of carbonyl (C=O) groups excluding carboxylic acids is 1. The molecular formula is C12H18N2O3. The van der Waals surface area contributed by atoms with Gasteiger partial charge in [-0.3, -0.25) is 9.59 Å². The Morgan fingerprint density at radius 1 is 1.29 bits per heavy atom. The number of unbranched alkanes of at least 4 members (excludes halogenated alkanes) is 2. The molecule has 1 rings (SSSR count). The lowest BCUT2D eigenvalue weighted by Gasteiger charge is -2.15. The van der Waals surface area contributed by atoms with Gasteiger partial charge in [0.25, 0.3) is 0 Å². The van der Waals surface area contributed by atoms with E-state index in [0.29, 0.717) is 25.8 Å². The Morgan fingerprint density at radius 3 is 2.65 bits per heavy atom. The standard InChI is InChI=1S/C12H18N2O3/c13-7-2-1-3-8-14-11(15)9-5-4-6-10(9)12(16)17/h9-10H,1-6,8H2,(H,14,15)(H,16,17)/t9-,10+/m1/s1. The van der Waals surface area contributed by atoms with Crippen LogP contribution in [0.4, 0.5) is 0 Å². The molecule has 1 fully saturated rings. The fraction of sp³-hybridized carbons (Fsp3) is 0.750. The second-order valence-electron chi connectivity index (χ2n) is 4.39. The molecule has 0 aromatic rings. The fourth-order valence-corrected chi connectivity index (χ4v) is 2.24. The zero-order valence-corrected chi connectivity index (χ0v) is 9.82. The van der Waals surface area contributed by atoms with E-state index >= 15 is 0 Å². The minimum absolute atomic E-state index is 0.146. The number of nitrogens with one attached hydrogen (secondary N) is 1. The third-order valence-corrected chi connectivity index (χ3v) is 3.18. The van der Waals surface area contributed by atoms with Gasteiger partial charge in [0.2, 0.25) is 5.91 Å². The Labute approximate surface area is 101 Å². The van der Waals surface area contributed by atoms with Crippen molar-refractivity contribution in [3.8, 4) is 6.07 Å². The third kappa shape index (κ3) is 4.06. The molecule has 1 aliphatic rings. The molecule has 94 valence electrons. The summed E-state index contributed by atoms with van der Waals surface area (Å²) in [6.07, 6.45) is 4.11. The van der Waals surface area contributed by atoms with E-state index in [1.807, 2.05) is 6.07 Å². The molecule has 0 aliphatic heterocycles. The summed E-state index contributed by atoms with van der Waals surface area (Å²) in [5, 5.41) is 20.1. The van der Waals surface area contributed by atoms with Crippen LogP contribution in [0.2, 0.25) is 0 Å². The van der Waals surface area contributed by atoms with Crippen molar-refractivity contribution in [1.82, 2.24) is 5.32 Å². The van der Waals surface area contributed by atoms with Gasteiger partial charge in [0, 0.05) is 13.0 Å². The molecule has 0 saturated heterocycles. The molecule has 0 radical (unpaired) electrons. The maximum Gasteiger partial charge on any atom is 0.307 e. The molecule has 5 nitrogen and oxygen atoms in total. The minimum atomic E-state index is -0.868. The highest BCUT2D eigenvalue weighted by Gasteiger charge is 2.37. The molecule has 0 bridgehead atoms. The van der Waals surface area contributed by atoms with E-state index in [9.17, 15) is 9.59 Å². The second-order valence-corrected chi connectivity index (χ2v) is 4.39. The summed E-state index contributed by atoms with van der Waals surface area (Å²) < 4.78 is 0. The molecule has 0 aromatic carbocycles. The lowest BCUT2D eigenvalue weighted by Crippen LogP contribution is -2.35. The van der Waals surface area contributed by atoms with Crippen molar-refractivity contribution < 1.29 is 14.7 Å². The summed E-state index contributed by atoms with van der Waals surface area (Å²) in [5.74, 6) is -1.91. The molecule has 2 atom stereocenters. The van der Waals surface area contributed by atoms with Crippen LogP contribution in [0.15, 0.2) is 0 Å². The number of nitrogens with zero attached hydrogens (tertiary/aromatic N) is 1. The van der Waals surface area contributed by atoms with E-state index in [0.717, 1.165) is 19.3 Å². The fourth-order valence-electron chi connectivity index (χ4n) is 2.24. The lowest BCUT2D eigenvalue weighted by molar-refractivity contribution is -0.146. The van der Waals surface area contributed by atoms with E-state index in [4.69, 9.17) is 10.4 Å². The zero-order valence-electron chi connectivity index (χ0n) is 9.82. The van der Waals surface area contributed by atoms with Crippen molar-refractivity contribution >= 4 is 11.9 Å². The number of carbonyl (C=O) groups is 2. The lowest BCUT2D eigenvalue weighted by atomic mass is 9.95. The molecule has 0 aromatic heterocycles. The number of amides is 1. The summed E-state index contributed by atoms with van der Waals surface area (Å²) in [6.45, 7) is 0.531. The van der Waals surface area contributed by atoms with E-state index in [-0.39, 0.29) is 11.8 Å². The Balaban J connectivity index is 2.27. The van der Waals surface area contributed by atoms with Crippen LogP contribution in [0.25, 0.3) is 0 Å². The van der Waals surface area contributed by atoms with Gasteiger partial charge >= 0.3 is 5.97 Å². The summed E-state index contributed by atoms with van der Waals surface area (Å²) in [7, 11) is 0. The first kappa shape index (κ1) is 13.5. The largest absolute Gasteiger partial charge is 0.481 e. The highest BCUT2D eigenvalue weighted by molar-refractivity contribution is 5.85. The van der Waals surface area contributed by atoms with Crippen LogP contribution in [-0.4, -0.2) is 23.5 Å². The van der Waals surface area contributed by atoms with E-state index in [1.165, 1.54) is 0 Å². The highest BCUT2D eigenvalue weighted by Crippen LogP contribution is 2.31. The predicted octanol–water partition coefficient (Wildman–Crippen LogP) is 1.30. The Bertz CT molecular complexity index is 322. The molecule has 17 heavy (non-hydrogen) atoms. The summed E-state index contributed by atoms with van der Waals surface area (Å²) in [6, 6.07) is 2.04. The average molecular weight is 238 g/mol. The van der Waals surface area contributed by atoms with Crippen LogP contribution < -0.4 is 5.32 Å². The van der Waals surface area contributed by atoms with Crippen molar-refractivity contribution in [2.75, 3.05) is 6.54 Å². The number of hydrogen-bond donors (Lipinski definition) is 2. The summed E-state index contributed by atoms with van der Waals surface area (Å²) in [5.41, 5.74) is 0. The van der Waals surface area contributed by atoms with Gasteiger partial charge in [-0.1, -0.05) is 6.42 Å². The molecule has 0 spiro atoms. The molecule has 2 N–H and O–H groups in total. The van der Waals surface area contributed by atoms with Crippen molar-refractivity contribution in [3.63, 3.8) is 0 Å². The van der Waals surface area contributed by atoms with Crippen molar-refractivity contribution in [3.05, 3.63) is 0 Å². The van der Waals surface area contributed by atoms with E-state index in [1.54, 1.807) is 0 Å². The Morgan fingerprint density at radius 2 is 2.00 bits per heavy atom. The number of rotatable bonds is 6. The zero-order chi connectivity index (χ0) is 12.7. The van der Waals surface area contributed by atoms with Crippen LogP contribution in [0.5, 0.6) is 0 Å². The van der Waals surface area contributed by atoms with Crippen LogP contribution in [0.1, 0.15) is 38.5 Å². The van der Waals surface area contributed by atoms with Crippen LogP contribution in [0.3, 0.4) is 0 Å².